The molecule has 1 N–H and O–H groups in total. The number of fused-ring (bicyclic) bond motifs is 1. The summed E-state index contributed by atoms with van der Waals surface area (Å²) in [6.45, 7) is 1.79. The summed E-state index contributed by atoms with van der Waals surface area (Å²) < 4.78 is 10.4. The number of benzene rings is 2. The number of hydrogen-bond donors (Lipinski definition) is 1. The minimum Gasteiger partial charge on any atom is -0.505 e. The number of phenolic OH excluding ortho intramolecular Hbond substituents is 1. The van der Waals surface area contributed by atoms with E-state index in [1.54, 1.807) is 31.2 Å². The number of para-hydroxylation sites is 1. The molecular weight excluding hydrogens is 296 g/mol. The van der Waals surface area contributed by atoms with Gasteiger partial charge in [-0.15, -0.1) is 10.2 Å². The Bertz CT molecular complexity index is 960. The van der Waals surface area contributed by atoms with Crippen molar-refractivity contribution in [3.8, 4) is 11.5 Å². The number of aromatic hydroxyl groups is 1. The number of nitrogens with zero attached hydrogens (tertiary/aromatic N) is 2. The molecule has 23 heavy (non-hydrogen) atoms. The molecule has 116 valence electrons. The quantitative estimate of drug-likeness (QED) is 0.579. The number of azo groups is 1. The zero-order chi connectivity index (χ0) is 16.4. The fraction of sp³-hybridized carbons (Fsp3) is 0.118. The van der Waals surface area contributed by atoms with Crippen LogP contribution in [0.25, 0.3) is 11.0 Å². The Hall–Kier alpha value is -3.15. The third-order valence-corrected chi connectivity index (χ3v) is 3.41. The summed E-state index contributed by atoms with van der Waals surface area (Å²) in [6.07, 6.45) is 0. The molecule has 0 bridgehead atoms. The maximum Gasteiger partial charge on any atom is 0.336 e. The predicted octanol–water partition coefficient (Wildman–Crippen LogP) is 4.23. The van der Waals surface area contributed by atoms with E-state index in [4.69, 9.17) is 9.15 Å². The van der Waals surface area contributed by atoms with E-state index in [9.17, 15) is 9.90 Å². The minimum absolute atomic E-state index is 0.106. The van der Waals surface area contributed by atoms with Gasteiger partial charge in [-0.1, -0.05) is 12.1 Å². The molecule has 3 aromatic rings. The lowest BCUT2D eigenvalue weighted by atomic mass is 10.1. The van der Waals surface area contributed by atoms with E-state index in [1.807, 2.05) is 6.07 Å². The highest BCUT2D eigenvalue weighted by Gasteiger charge is 2.12. The van der Waals surface area contributed by atoms with Gasteiger partial charge in [0, 0.05) is 11.5 Å². The zero-order valence-corrected chi connectivity index (χ0v) is 12.6. The summed E-state index contributed by atoms with van der Waals surface area (Å²) in [7, 11) is 1.53. The van der Waals surface area contributed by atoms with Gasteiger partial charge in [-0.3, -0.25) is 0 Å². The smallest absolute Gasteiger partial charge is 0.336 e. The standard InChI is InChI=1S/C17H14N2O4/c1-10-9-15(21)23-17-11(10)7-8-13(20)16(17)19-18-12-5-3-4-6-14(12)22-2/h3-9,20H,1-2H3. The van der Waals surface area contributed by atoms with Crippen LogP contribution < -0.4 is 10.4 Å². The number of methoxy groups -OCH3 is 1. The van der Waals surface area contributed by atoms with E-state index in [0.717, 1.165) is 5.56 Å². The number of rotatable bonds is 3. The molecule has 0 atom stereocenters. The molecule has 0 aliphatic rings. The van der Waals surface area contributed by atoms with Crippen molar-refractivity contribution in [2.45, 2.75) is 6.92 Å². The second kappa shape index (κ2) is 5.92. The topological polar surface area (TPSA) is 84.4 Å². The van der Waals surface area contributed by atoms with Gasteiger partial charge in [0.2, 0.25) is 0 Å². The first kappa shape index (κ1) is 14.8. The maximum absolute atomic E-state index is 11.6. The largest absolute Gasteiger partial charge is 0.505 e. The van der Waals surface area contributed by atoms with Crippen LogP contribution in [-0.2, 0) is 0 Å². The predicted molar refractivity (Wildman–Crippen MR) is 86.1 cm³/mol. The van der Waals surface area contributed by atoms with Gasteiger partial charge in [0.1, 0.15) is 17.2 Å². The molecule has 6 nitrogen and oxygen atoms in total. The molecule has 3 rings (SSSR count). The van der Waals surface area contributed by atoms with Crippen LogP contribution in [-0.4, -0.2) is 12.2 Å². The molecule has 0 aliphatic heterocycles. The van der Waals surface area contributed by atoms with Crippen molar-refractivity contribution in [2.24, 2.45) is 10.2 Å². The molecule has 0 saturated heterocycles. The number of aryl methyl sites for hydroxylation is 1. The van der Waals surface area contributed by atoms with Crippen molar-refractivity contribution in [3.63, 3.8) is 0 Å². The lowest BCUT2D eigenvalue weighted by Crippen LogP contribution is -1.97. The van der Waals surface area contributed by atoms with Crippen LogP contribution in [0.15, 0.2) is 61.9 Å². The highest BCUT2D eigenvalue weighted by atomic mass is 16.5. The average Bonchev–Trinajstić information content (AvgIpc) is 2.54. The molecule has 0 fully saturated rings. The van der Waals surface area contributed by atoms with Crippen molar-refractivity contribution in [1.29, 1.82) is 0 Å². The molecule has 0 amide bonds. The molecule has 0 saturated carbocycles. The molecular formula is C17H14N2O4. The van der Waals surface area contributed by atoms with Crippen molar-refractivity contribution in [1.82, 2.24) is 0 Å². The van der Waals surface area contributed by atoms with Gasteiger partial charge in [-0.25, -0.2) is 4.79 Å². The van der Waals surface area contributed by atoms with Crippen LogP contribution in [0.2, 0.25) is 0 Å². The van der Waals surface area contributed by atoms with E-state index in [0.29, 0.717) is 16.8 Å². The maximum atomic E-state index is 11.6. The highest BCUT2D eigenvalue weighted by molar-refractivity contribution is 5.92. The van der Waals surface area contributed by atoms with Crippen LogP contribution in [0.1, 0.15) is 5.56 Å². The van der Waals surface area contributed by atoms with Gasteiger partial charge in [0.05, 0.1) is 7.11 Å². The third kappa shape index (κ3) is 2.78. The Morgan fingerprint density at radius 3 is 2.70 bits per heavy atom. The van der Waals surface area contributed by atoms with Crippen LogP contribution in [0, 0.1) is 6.92 Å². The number of hydrogen-bond acceptors (Lipinski definition) is 6. The van der Waals surface area contributed by atoms with E-state index >= 15 is 0 Å². The fourth-order valence-electron chi connectivity index (χ4n) is 2.27. The first-order chi connectivity index (χ1) is 11.1. The zero-order valence-electron chi connectivity index (χ0n) is 12.6. The van der Waals surface area contributed by atoms with Crippen molar-refractivity contribution < 1.29 is 14.3 Å². The van der Waals surface area contributed by atoms with Gasteiger partial charge in [-0.05, 0) is 36.8 Å². The minimum atomic E-state index is -0.505. The highest BCUT2D eigenvalue weighted by Crippen LogP contribution is 2.37. The molecule has 6 heteroatoms. The summed E-state index contributed by atoms with van der Waals surface area (Å²) in [5, 5.41) is 18.9. The lowest BCUT2D eigenvalue weighted by molar-refractivity contribution is 0.416. The fourth-order valence-corrected chi connectivity index (χ4v) is 2.27. The molecule has 0 unspecified atom stereocenters. The van der Waals surface area contributed by atoms with Crippen LogP contribution >= 0.6 is 0 Å². The monoisotopic (exact) mass is 310 g/mol. The first-order valence-electron chi connectivity index (χ1n) is 6.91. The van der Waals surface area contributed by atoms with Crippen molar-refractivity contribution >= 4 is 22.3 Å². The van der Waals surface area contributed by atoms with Crippen molar-refractivity contribution in [2.75, 3.05) is 7.11 Å². The third-order valence-electron chi connectivity index (χ3n) is 3.41. The van der Waals surface area contributed by atoms with E-state index in [-0.39, 0.29) is 17.0 Å². The molecule has 0 radical (unpaired) electrons. The van der Waals surface area contributed by atoms with Crippen LogP contribution in [0.5, 0.6) is 11.5 Å². The summed E-state index contributed by atoms with van der Waals surface area (Å²) in [4.78, 5) is 11.6. The second-order valence-electron chi connectivity index (χ2n) is 4.93. The van der Waals surface area contributed by atoms with Gasteiger partial charge >= 0.3 is 5.63 Å². The summed E-state index contributed by atoms with van der Waals surface area (Å²) in [6, 6.07) is 11.6. The van der Waals surface area contributed by atoms with Crippen LogP contribution in [0.3, 0.4) is 0 Å². The normalized spacial score (nSPS) is 11.2. The van der Waals surface area contributed by atoms with E-state index in [2.05, 4.69) is 10.2 Å². The SMILES string of the molecule is COc1ccccc1N=Nc1c(O)ccc2c(C)cc(=O)oc12. The second-order valence-corrected chi connectivity index (χ2v) is 4.93. The first-order valence-corrected chi connectivity index (χ1v) is 6.91. The molecule has 2 aromatic carbocycles. The average molecular weight is 310 g/mol. The Labute approximate surface area is 131 Å². The van der Waals surface area contributed by atoms with Gasteiger partial charge in [0.25, 0.3) is 0 Å². The van der Waals surface area contributed by atoms with Gasteiger partial charge < -0.3 is 14.3 Å². The van der Waals surface area contributed by atoms with E-state index < -0.39 is 5.63 Å². The Morgan fingerprint density at radius 2 is 1.91 bits per heavy atom. The Balaban J connectivity index is 2.18. The Morgan fingerprint density at radius 1 is 1.13 bits per heavy atom. The van der Waals surface area contributed by atoms with E-state index in [1.165, 1.54) is 19.2 Å². The van der Waals surface area contributed by atoms with Crippen molar-refractivity contribution in [3.05, 3.63) is 58.4 Å². The summed E-state index contributed by atoms with van der Waals surface area (Å²) >= 11 is 0. The molecule has 1 heterocycles. The molecule has 0 aliphatic carbocycles. The van der Waals surface area contributed by atoms with Gasteiger partial charge in [0.15, 0.2) is 11.3 Å². The number of ether oxygens (including phenoxy) is 1. The Kier molecular flexibility index (Phi) is 3.80. The molecule has 1 aromatic heterocycles. The lowest BCUT2D eigenvalue weighted by Gasteiger charge is -2.05. The summed E-state index contributed by atoms with van der Waals surface area (Å²) in [5.41, 5.74) is 1.04. The summed E-state index contributed by atoms with van der Waals surface area (Å²) in [5.74, 6) is 0.429. The number of phenols is 1. The molecule has 0 spiro atoms. The van der Waals surface area contributed by atoms with Gasteiger partial charge in [-0.2, -0.15) is 0 Å². The van der Waals surface area contributed by atoms with Crippen LogP contribution in [0.4, 0.5) is 11.4 Å².